The first-order valence-corrected chi connectivity index (χ1v) is 10.5. The molecule has 3 rings (SSSR count). The van der Waals surface area contributed by atoms with E-state index in [1.807, 2.05) is 54.6 Å². The van der Waals surface area contributed by atoms with Gasteiger partial charge in [-0.3, -0.25) is 10.1 Å². The number of carbonyl (C=O) groups is 1. The van der Waals surface area contributed by atoms with Crippen LogP contribution in [0.2, 0.25) is 0 Å². The zero-order chi connectivity index (χ0) is 22.1. The van der Waals surface area contributed by atoms with Gasteiger partial charge >= 0.3 is 0 Å². The Bertz CT molecular complexity index is 1000. The highest BCUT2D eigenvalue weighted by molar-refractivity contribution is 7.80. The van der Waals surface area contributed by atoms with Crippen LogP contribution in [-0.2, 0) is 6.61 Å². The predicted molar refractivity (Wildman–Crippen MR) is 128 cm³/mol. The van der Waals surface area contributed by atoms with E-state index in [9.17, 15) is 4.79 Å². The number of hydrogen-bond donors (Lipinski definition) is 2. The molecule has 2 N–H and O–H groups in total. The largest absolute Gasteiger partial charge is 0.493 e. The Morgan fingerprint density at radius 3 is 2.29 bits per heavy atom. The van der Waals surface area contributed by atoms with Crippen LogP contribution >= 0.6 is 12.2 Å². The molecule has 31 heavy (non-hydrogen) atoms. The van der Waals surface area contributed by atoms with Gasteiger partial charge < -0.3 is 14.8 Å². The molecule has 3 aromatic rings. The third-order valence-corrected chi connectivity index (χ3v) is 4.50. The highest BCUT2D eigenvalue weighted by Gasteiger charge is 2.11. The summed E-state index contributed by atoms with van der Waals surface area (Å²) in [6.45, 7) is 5.23. The summed E-state index contributed by atoms with van der Waals surface area (Å²) < 4.78 is 11.6. The number of para-hydroxylation sites is 2. The van der Waals surface area contributed by atoms with Crippen LogP contribution in [0.25, 0.3) is 0 Å². The standard InChI is InChI=1S/C25H26N2O3S/c1-18(2)16-29-21-14-12-20(13-15-21)24(28)27-25(31)26-22-10-6-7-11-23(22)30-17-19-8-4-3-5-9-19/h3-15,18H,16-17H2,1-2H3,(H2,26,27,28,31). The SMILES string of the molecule is CC(C)COc1ccc(C(=O)NC(=S)Nc2ccccc2OCc2ccccc2)cc1. The van der Waals surface area contributed by atoms with Crippen molar-refractivity contribution in [2.24, 2.45) is 5.92 Å². The average molecular weight is 435 g/mol. The van der Waals surface area contributed by atoms with Crippen LogP contribution in [0.3, 0.4) is 0 Å². The molecule has 0 heterocycles. The van der Waals surface area contributed by atoms with Crippen molar-refractivity contribution in [3.05, 3.63) is 90.0 Å². The van der Waals surface area contributed by atoms with Gasteiger partial charge in [0.15, 0.2) is 5.11 Å². The number of amides is 1. The molecule has 0 bridgehead atoms. The highest BCUT2D eigenvalue weighted by Crippen LogP contribution is 2.24. The van der Waals surface area contributed by atoms with Crippen LogP contribution in [0.1, 0.15) is 29.8 Å². The van der Waals surface area contributed by atoms with Crippen molar-refractivity contribution in [1.82, 2.24) is 5.32 Å². The molecule has 5 nitrogen and oxygen atoms in total. The average Bonchev–Trinajstić information content (AvgIpc) is 2.78. The summed E-state index contributed by atoms with van der Waals surface area (Å²) in [6.07, 6.45) is 0. The maximum absolute atomic E-state index is 12.5. The molecule has 0 fully saturated rings. The van der Waals surface area contributed by atoms with E-state index < -0.39 is 0 Å². The lowest BCUT2D eigenvalue weighted by Crippen LogP contribution is -2.34. The maximum atomic E-state index is 12.5. The van der Waals surface area contributed by atoms with Gasteiger partial charge in [-0.2, -0.15) is 0 Å². The molecule has 0 saturated carbocycles. The molecule has 6 heteroatoms. The first kappa shape index (κ1) is 22.3. The minimum Gasteiger partial charge on any atom is -0.493 e. The van der Waals surface area contributed by atoms with E-state index in [4.69, 9.17) is 21.7 Å². The van der Waals surface area contributed by atoms with Gasteiger partial charge in [-0.15, -0.1) is 0 Å². The van der Waals surface area contributed by atoms with Gasteiger partial charge in [-0.25, -0.2) is 0 Å². The van der Waals surface area contributed by atoms with Crippen LogP contribution < -0.4 is 20.1 Å². The van der Waals surface area contributed by atoms with E-state index in [0.717, 1.165) is 11.3 Å². The lowest BCUT2D eigenvalue weighted by molar-refractivity contribution is 0.0977. The van der Waals surface area contributed by atoms with Gasteiger partial charge in [0, 0.05) is 5.56 Å². The lowest BCUT2D eigenvalue weighted by Gasteiger charge is -2.14. The van der Waals surface area contributed by atoms with E-state index in [0.29, 0.717) is 36.1 Å². The first-order chi connectivity index (χ1) is 15.0. The second kappa shape index (κ2) is 11.1. The fraction of sp³-hybridized carbons (Fsp3) is 0.200. The molecule has 0 unspecified atom stereocenters. The van der Waals surface area contributed by atoms with E-state index in [1.165, 1.54) is 0 Å². The van der Waals surface area contributed by atoms with Crippen LogP contribution in [0.5, 0.6) is 11.5 Å². The quantitative estimate of drug-likeness (QED) is 0.463. The van der Waals surface area contributed by atoms with Gasteiger partial charge in [-0.05, 0) is 60.1 Å². The predicted octanol–water partition coefficient (Wildman–Crippen LogP) is 5.43. The van der Waals surface area contributed by atoms with E-state index in [-0.39, 0.29) is 11.0 Å². The minimum atomic E-state index is -0.296. The Labute approximate surface area is 188 Å². The summed E-state index contributed by atoms with van der Waals surface area (Å²) in [5, 5.41) is 5.94. The number of anilines is 1. The second-order valence-electron chi connectivity index (χ2n) is 7.41. The fourth-order valence-corrected chi connectivity index (χ4v) is 2.93. The van der Waals surface area contributed by atoms with Crippen molar-refractivity contribution in [1.29, 1.82) is 0 Å². The van der Waals surface area contributed by atoms with Crippen molar-refractivity contribution >= 4 is 28.9 Å². The van der Waals surface area contributed by atoms with E-state index >= 15 is 0 Å². The zero-order valence-corrected chi connectivity index (χ0v) is 18.4. The number of ether oxygens (including phenoxy) is 2. The molecule has 0 spiro atoms. The Morgan fingerprint density at radius 1 is 0.903 bits per heavy atom. The van der Waals surface area contributed by atoms with Gasteiger partial charge in [0.2, 0.25) is 0 Å². The number of carbonyl (C=O) groups excluding carboxylic acids is 1. The van der Waals surface area contributed by atoms with Crippen molar-refractivity contribution in [2.75, 3.05) is 11.9 Å². The van der Waals surface area contributed by atoms with Crippen LogP contribution in [-0.4, -0.2) is 17.6 Å². The first-order valence-electron chi connectivity index (χ1n) is 10.1. The summed E-state index contributed by atoms with van der Waals surface area (Å²) in [5.74, 6) is 1.52. The number of rotatable bonds is 8. The Hall–Kier alpha value is -3.38. The van der Waals surface area contributed by atoms with Gasteiger partial charge in [0.05, 0.1) is 12.3 Å². The van der Waals surface area contributed by atoms with Crippen LogP contribution in [0.15, 0.2) is 78.9 Å². The number of nitrogens with one attached hydrogen (secondary N) is 2. The van der Waals surface area contributed by atoms with E-state index in [2.05, 4.69) is 24.5 Å². The van der Waals surface area contributed by atoms with Crippen LogP contribution in [0, 0.1) is 5.92 Å². The molecule has 0 aromatic heterocycles. The third-order valence-electron chi connectivity index (χ3n) is 4.30. The fourth-order valence-electron chi connectivity index (χ4n) is 2.73. The molecule has 3 aromatic carbocycles. The summed E-state index contributed by atoms with van der Waals surface area (Å²) in [7, 11) is 0. The molecule has 1 amide bonds. The van der Waals surface area contributed by atoms with Crippen molar-refractivity contribution in [3.8, 4) is 11.5 Å². The minimum absolute atomic E-state index is 0.195. The molecule has 0 saturated heterocycles. The smallest absolute Gasteiger partial charge is 0.257 e. The third kappa shape index (κ3) is 7.12. The van der Waals surface area contributed by atoms with Gasteiger partial charge in [-0.1, -0.05) is 56.3 Å². The number of benzene rings is 3. The van der Waals surface area contributed by atoms with Crippen molar-refractivity contribution in [2.45, 2.75) is 20.5 Å². The molecule has 0 aliphatic carbocycles. The van der Waals surface area contributed by atoms with Gasteiger partial charge in [0.25, 0.3) is 5.91 Å². The molecule has 0 atom stereocenters. The molecule has 160 valence electrons. The molecular weight excluding hydrogens is 408 g/mol. The zero-order valence-electron chi connectivity index (χ0n) is 17.6. The van der Waals surface area contributed by atoms with Crippen molar-refractivity contribution < 1.29 is 14.3 Å². The molecule has 0 radical (unpaired) electrons. The summed E-state index contributed by atoms with van der Waals surface area (Å²) >= 11 is 5.32. The normalized spacial score (nSPS) is 10.4. The van der Waals surface area contributed by atoms with Crippen molar-refractivity contribution in [3.63, 3.8) is 0 Å². The Balaban J connectivity index is 1.56. The summed E-state index contributed by atoms with van der Waals surface area (Å²) in [6, 6.07) is 24.3. The lowest BCUT2D eigenvalue weighted by atomic mass is 10.2. The van der Waals surface area contributed by atoms with Crippen LogP contribution in [0.4, 0.5) is 5.69 Å². The molecular formula is C25H26N2O3S. The summed E-state index contributed by atoms with van der Waals surface area (Å²) in [5.41, 5.74) is 2.24. The molecule has 0 aliphatic rings. The Morgan fingerprint density at radius 2 is 1.58 bits per heavy atom. The summed E-state index contributed by atoms with van der Waals surface area (Å²) in [4.78, 5) is 12.5. The Kier molecular flexibility index (Phi) is 8.01. The second-order valence-corrected chi connectivity index (χ2v) is 7.82. The topological polar surface area (TPSA) is 59.6 Å². The monoisotopic (exact) mass is 434 g/mol. The van der Waals surface area contributed by atoms with Gasteiger partial charge in [0.1, 0.15) is 18.1 Å². The number of hydrogen-bond acceptors (Lipinski definition) is 4. The number of thiocarbonyl (C=S) groups is 1. The maximum Gasteiger partial charge on any atom is 0.257 e. The van der Waals surface area contributed by atoms with E-state index in [1.54, 1.807) is 24.3 Å². The molecule has 0 aliphatic heterocycles. The highest BCUT2D eigenvalue weighted by atomic mass is 32.1.